The topological polar surface area (TPSA) is 66.9 Å². The molecule has 3 aromatic rings. The minimum absolute atomic E-state index is 0.0410. The molecule has 0 unspecified atom stereocenters. The molecule has 0 aliphatic heterocycles. The molecule has 128 valence electrons. The van der Waals surface area contributed by atoms with Gasteiger partial charge in [-0.15, -0.1) is 0 Å². The standard InChI is InChI=1S/C19H19BrN4O/c1-2-4-18(25)24-15-6-3-5-13(9-15)11-21-19-16-10-14(20)7-8-17(16)22-12-23-19/h3,5-10,12H,2,4,11H2,1H3,(H,24,25)(H,21,22,23). The highest BCUT2D eigenvalue weighted by atomic mass is 79.9. The molecule has 1 heterocycles. The van der Waals surface area contributed by atoms with E-state index in [9.17, 15) is 4.79 Å². The summed E-state index contributed by atoms with van der Waals surface area (Å²) in [6.45, 7) is 2.60. The van der Waals surface area contributed by atoms with E-state index in [0.29, 0.717) is 13.0 Å². The molecule has 5 nitrogen and oxygen atoms in total. The number of rotatable bonds is 6. The summed E-state index contributed by atoms with van der Waals surface area (Å²) in [5, 5.41) is 7.23. The van der Waals surface area contributed by atoms with E-state index in [-0.39, 0.29) is 5.91 Å². The number of nitrogens with zero attached hydrogens (tertiary/aromatic N) is 2. The van der Waals surface area contributed by atoms with Gasteiger partial charge in [0.05, 0.1) is 5.52 Å². The summed E-state index contributed by atoms with van der Waals surface area (Å²) in [6.07, 6.45) is 2.92. The van der Waals surface area contributed by atoms with Crippen LogP contribution < -0.4 is 10.6 Å². The Morgan fingerprint density at radius 1 is 1.16 bits per heavy atom. The van der Waals surface area contributed by atoms with Crippen molar-refractivity contribution in [2.75, 3.05) is 10.6 Å². The van der Waals surface area contributed by atoms with Crippen LogP contribution in [0.3, 0.4) is 0 Å². The van der Waals surface area contributed by atoms with Crippen molar-refractivity contribution in [1.29, 1.82) is 0 Å². The van der Waals surface area contributed by atoms with Gasteiger partial charge in [-0.05, 0) is 42.3 Å². The number of amides is 1. The number of halogens is 1. The number of hydrogen-bond donors (Lipinski definition) is 2. The zero-order chi connectivity index (χ0) is 17.6. The van der Waals surface area contributed by atoms with Crippen molar-refractivity contribution in [3.05, 3.63) is 58.8 Å². The number of benzene rings is 2. The van der Waals surface area contributed by atoms with Gasteiger partial charge in [-0.3, -0.25) is 4.79 Å². The maximum Gasteiger partial charge on any atom is 0.224 e. The molecule has 3 rings (SSSR count). The number of carbonyl (C=O) groups is 1. The molecule has 0 aliphatic carbocycles. The summed E-state index contributed by atoms with van der Waals surface area (Å²) in [7, 11) is 0. The first-order chi connectivity index (χ1) is 12.2. The molecule has 0 aliphatic rings. The van der Waals surface area contributed by atoms with E-state index in [1.165, 1.54) is 0 Å². The van der Waals surface area contributed by atoms with Crippen LogP contribution in [0.2, 0.25) is 0 Å². The molecule has 2 aromatic carbocycles. The average Bonchev–Trinajstić information content (AvgIpc) is 2.60. The Labute approximate surface area is 155 Å². The Morgan fingerprint density at radius 2 is 2.04 bits per heavy atom. The highest BCUT2D eigenvalue weighted by Gasteiger charge is 2.05. The summed E-state index contributed by atoms with van der Waals surface area (Å²) < 4.78 is 0.985. The summed E-state index contributed by atoms with van der Waals surface area (Å²) in [6, 6.07) is 13.7. The van der Waals surface area contributed by atoms with Gasteiger partial charge >= 0.3 is 0 Å². The van der Waals surface area contributed by atoms with Crippen molar-refractivity contribution in [2.45, 2.75) is 26.3 Å². The van der Waals surface area contributed by atoms with Crippen molar-refractivity contribution in [3.63, 3.8) is 0 Å². The quantitative estimate of drug-likeness (QED) is 0.628. The first-order valence-electron chi connectivity index (χ1n) is 8.18. The van der Waals surface area contributed by atoms with E-state index in [2.05, 4.69) is 36.5 Å². The SMILES string of the molecule is CCCC(=O)Nc1cccc(CNc2ncnc3ccc(Br)cc23)c1. The van der Waals surface area contributed by atoms with E-state index >= 15 is 0 Å². The normalized spacial score (nSPS) is 10.6. The van der Waals surface area contributed by atoms with Gasteiger partial charge in [-0.1, -0.05) is 35.0 Å². The molecular weight excluding hydrogens is 380 g/mol. The Kier molecular flexibility index (Phi) is 5.60. The van der Waals surface area contributed by atoms with Gasteiger partial charge in [0.15, 0.2) is 0 Å². The lowest BCUT2D eigenvalue weighted by molar-refractivity contribution is -0.116. The van der Waals surface area contributed by atoms with Gasteiger partial charge in [-0.2, -0.15) is 0 Å². The highest BCUT2D eigenvalue weighted by Crippen LogP contribution is 2.24. The molecule has 0 fully saturated rings. The number of fused-ring (bicyclic) bond motifs is 1. The summed E-state index contributed by atoms with van der Waals surface area (Å²) in [5.74, 6) is 0.825. The molecule has 0 saturated carbocycles. The van der Waals surface area contributed by atoms with Gasteiger partial charge in [-0.25, -0.2) is 9.97 Å². The second-order valence-corrected chi connectivity index (χ2v) is 6.65. The predicted molar refractivity (Wildman–Crippen MR) is 105 cm³/mol. The Hall–Kier alpha value is -2.47. The molecule has 0 saturated heterocycles. The van der Waals surface area contributed by atoms with Gasteiger partial charge in [0.1, 0.15) is 12.1 Å². The average molecular weight is 399 g/mol. The van der Waals surface area contributed by atoms with E-state index in [1.54, 1.807) is 6.33 Å². The van der Waals surface area contributed by atoms with Crippen LogP contribution in [0.4, 0.5) is 11.5 Å². The Morgan fingerprint density at radius 3 is 2.88 bits per heavy atom. The molecule has 0 atom stereocenters. The lowest BCUT2D eigenvalue weighted by Crippen LogP contribution is -2.11. The molecule has 2 N–H and O–H groups in total. The summed E-state index contributed by atoms with van der Waals surface area (Å²) in [4.78, 5) is 20.4. The molecule has 0 bridgehead atoms. The minimum Gasteiger partial charge on any atom is -0.365 e. The van der Waals surface area contributed by atoms with E-state index in [1.807, 2.05) is 49.4 Å². The van der Waals surface area contributed by atoms with Crippen molar-refractivity contribution < 1.29 is 4.79 Å². The summed E-state index contributed by atoms with van der Waals surface area (Å²) >= 11 is 3.48. The van der Waals surface area contributed by atoms with Crippen LogP contribution in [0.1, 0.15) is 25.3 Å². The van der Waals surface area contributed by atoms with Crippen molar-refractivity contribution in [3.8, 4) is 0 Å². The number of aromatic nitrogens is 2. The van der Waals surface area contributed by atoms with Crippen molar-refractivity contribution >= 4 is 44.2 Å². The van der Waals surface area contributed by atoms with Crippen LogP contribution in [0.15, 0.2) is 53.3 Å². The lowest BCUT2D eigenvalue weighted by Gasteiger charge is -2.10. The zero-order valence-electron chi connectivity index (χ0n) is 13.9. The zero-order valence-corrected chi connectivity index (χ0v) is 15.5. The van der Waals surface area contributed by atoms with Crippen molar-refractivity contribution in [1.82, 2.24) is 9.97 Å². The molecule has 25 heavy (non-hydrogen) atoms. The molecular formula is C19H19BrN4O. The molecule has 1 aromatic heterocycles. The van der Waals surface area contributed by atoms with Gasteiger partial charge < -0.3 is 10.6 Å². The third-order valence-corrected chi connectivity index (χ3v) is 4.24. The fourth-order valence-electron chi connectivity index (χ4n) is 2.57. The predicted octanol–water partition coefficient (Wildman–Crippen LogP) is 4.74. The molecule has 0 radical (unpaired) electrons. The van der Waals surface area contributed by atoms with Crippen LogP contribution >= 0.6 is 15.9 Å². The van der Waals surface area contributed by atoms with Crippen molar-refractivity contribution in [2.24, 2.45) is 0 Å². The third kappa shape index (κ3) is 4.54. The smallest absolute Gasteiger partial charge is 0.224 e. The molecule has 0 spiro atoms. The minimum atomic E-state index is 0.0410. The monoisotopic (exact) mass is 398 g/mol. The van der Waals surface area contributed by atoms with Crippen LogP contribution in [0.5, 0.6) is 0 Å². The van der Waals surface area contributed by atoms with Crippen LogP contribution in [-0.4, -0.2) is 15.9 Å². The Bertz CT molecular complexity index is 897. The second kappa shape index (κ2) is 8.07. The Balaban J connectivity index is 1.74. The number of hydrogen-bond acceptors (Lipinski definition) is 4. The largest absolute Gasteiger partial charge is 0.365 e. The van der Waals surface area contributed by atoms with Crippen LogP contribution in [0, 0.1) is 0 Å². The van der Waals surface area contributed by atoms with Crippen LogP contribution in [0.25, 0.3) is 10.9 Å². The van der Waals surface area contributed by atoms with Gasteiger partial charge in [0.25, 0.3) is 0 Å². The summed E-state index contributed by atoms with van der Waals surface area (Å²) in [5.41, 5.74) is 2.77. The maximum absolute atomic E-state index is 11.7. The number of anilines is 2. The lowest BCUT2D eigenvalue weighted by atomic mass is 10.2. The van der Waals surface area contributed by atoms with E-state index < -0.39 is 0 Å². The van der Waals surface area contributed by atoms with E-state index in [4.69, 9.17) is 0 Å². The van der Waals surface area contributed by atoms with E-state index in [0.717, 1.165) is 38.9 Å². The molecule has 6 heteroatoms. The van der Waals surface area contributed by atoms with Crippen LogP contribution in [-0.2, 0) is 11.3 Å². The first-order valence-corrected chi connectivity index (χ1v) is 8.98. The first kappa shape index (κ1) is 17.4. The molecule has 1 amide bonds. The number of carbonyl (C=O) groups excluding carboxylic acids is 1. The van der Waals surface area contributed by atoms with Gasteiger partial charge in [0, 0.05) is 28.5 Å². The third-order valence-electron chi connectivity index (χ3n) is 3.75. The highest BCUT2D eigenvalue weighted by molar-refractivity contribution is 9.10. The maximum atomic E-state index is 11.7. The second-order valence-electron chi connectivity index (χ2n) is 5.74. The number of nitrogens with one attached hydrogen (secondary N) is 2. The fraction of sp³-hybridized carbons (Fsp3) is 0.211. The van der Waals surface area contributed by atoms with Gasteiger partial charge in [0.2, 0.25) is 5.91 Å². The fourth-order valence-corrected chi connectivity index (χ4v) is 2.93.